The molecule has 3 rings (SSSR count). The summed E-state index contributed by atoms with van der Waals surface area (Å²) in [5, 5.41) is 8.38. The Kier molecular flexibility index (Phi) is 5.05. The predicted molar refractivity (Wildman–Crippen MR) is 91.3 cm³/mol. The quantitative estimate of drug-likeness (QED) is 0.466. The molecular weight excluding hydrogens is 382 g/mol. The summed E-state index contributed by atoms with van der Waals surface area (Å²) >= 11 is 9.31. The maximum atomic E-state index is 5.94. The molecule has 0 aliphatic rings. The van der Waals surface area contributed by atoms with Crippen molar-refractivity contribution in [1.82, 2.24) is 10.1 Å². The van der Waals surface area contributed by atoms with Crippen molar-refractivity contribution in [3.05, 3.63) is 69.5 Å². The topological polar surface area (TPSA) is 60.5 Å². The largest absolute Gasteiger partial charge is 0.386 e. The van der Waals surface area contributed by atoms with Gasteiger partial charge in [-0.05, 0) is 29.8 Å². The highest BCUT2D eigenvalue weighted by Gasteiger charge is 2.09. The summed E-state index contributed by atoms with van der Waals surface area (Å²) < 4.78 is 6.13. The van der Waals surface area contributed by atoms with E-state index in [-0.39, 0.29) is 6.61 Å². The van der Waals surface area contributed by atoms with Crippen molar-refractivity contribution in [2.24, 2.45) is 5.16 Å². The molecule has 0 N–H and O–H groups in total. The van der Waals surface area contributed by atoms with E-state index >= 15 is 0 Å². The molecule has 7 heteroatoms. The molecule has 0 amide bonds. The van der Waals surface area contributed by atoms with E-state index in [4.69, 9.17) is 21.0 Å². The van der Waals surface area contributed by atoms with E-state index < -0.39 is 0 Å². The molecule has 0 aliphatic carbocycles. The molecule has 23 heavy (non-hydrogen) atoms. The van der Waals surface area contributed by atoms with Crippen LogP contribution < -0.4 is 0 Å². The van der Waals surface area contributed by atoms with Gasteiger partial charge in [0.05, 0.1) is 6.21 Å². The number of nitrogens with zero attached hydrogens (tertiary/aromatic N) is 3. The summed E-state index contributed by atoms with van der Waals surface area (Å²) in [4.78, 5) is 9.40. The first kappa shape index (κ1) is 15.7. The monoisotopic (exact) mass is 391 g/mol. The van der Waals surface area contributed by atoms with Gasteiger partial charge in [-0.2, -0.15) is 4.98 Å². The Morgan fingerprint density at radius 3 is 2.83 bits per heavy atom. The number of benzene rings is 2. The van der Waals surface area contributed by atoms with Gasteiger partial charge in [0, 0.05) is 15.1 Å². The van der Waals surface area contributed by atoms with Crippen LogP contribution in [-0.2, 0) is 11.4 Å². The third-order valence-electron chi connectivity index (χ3n) is 2.89. The summed E-state index contributed by atoms with van der Waals surface area (Å²) in [6.07, 6.45) is 1.61. The summed E-state index contributed by atoms with van der Waals surface area (Å²) in [7, 11) is 0. The zero-order valence-corrected chi connectivity index (χ0v) is 14.2. The normalized spacial score (nSPS) is 11.0. The van der Waals surface area contributed by atoms with Gasteiger partial charge in [0.2, 0.25) is 5.82 Å². The third kappa shape index (κ3) is 4.40. The van der Waals surface area contributed by atoms with E-state index in [2.05, 4.69) is 31.2 Å². The summed E-state index contributed by atoms with van der Waals surface area (Å²) in [5.74, 6) is 0.802. The minimum atomic E-state index is 0.0978. The van der Waals surface area contributed by atoms with E-state index in [1.165, 1.54) is 0 Å². The molecule has 0 saturated heterocycles. The predicted octanol–water partition coefficient (Wildman–Crippen LogP) is 4.70. The minimum Gasteiger partial charge on any atom is -0.386 e. The second-order valence-corrected chi connectivity index (χ2v) is 5.93. The molecule has 1 aromatic heterocycles. The van der Waals surface area contributed by atoms with Crippen molar-refractivity contribution in [3.63, 3.8) is 0 Å². The third-order valence-corrected chi connectivity index (χ3v) is 3.65. The molecule has 0 atom stereocenters. The first-order valence-corrected chi connectivity index (χ1v) is 7.87. The lowest BCUT2D eigenvalue weighted by molar-refractivity contribution is 0.107. The number of aromatic nitrogens is 2. The van der Waals surface area contributed by atoms with Crippen molar-refractivity contribution in [2.45, 2.75) is 6.61 Å². The van der Waals surface area contributed by atoms with Gasteiger partial charge in [0.15, 0.2) is 6.61 Å². The van der Waals surface area contributed by atoms with Gasteiger partial charge in [-0.15, -0.1) is 0 Å². The second kappa shape index (κ2) is 7.39. The number of halogens is 2. The Hall–Kier alpha value is -2.18. The molecule has 0 spiro atoms. The molecule has 0 unspecified atom stereocenters. The summed E-state index contributed by atoms with van der Waals surface area (Å²) in [6, 6.07) is 14.9. The molecule has 0 saturated carbocycles. The molecule has 5 nitrogen and oxygen atoms in total. The Morgan fingerprint density at radius 2 is 2.04 bits per heavy atom. The number of oxime groups is 1. The number of rotatable bonds is 5. The van der Waals surface area contributed by atoms with Crippen LogP contribution in [0.2, 0.25) is 5.02 Å². The zero-order valence-electron chi connectivity index (χ0n) is 11.8. The van der Waals surface area contributed by atoms with Gasteiger partial charge in [0.25, 0.3) is 5.89 Å². The fourth-order valence-electron chi connectivity index (χ4n) is 1.80. The van der Waals surface area contributed by atoms with Gasteiger partial charge < -0.3 is 9.36 Å². The van der Waals surface area contributed by atoms with Crippen LogP contribution in [0, 0.1) is 0 Å². The smallest absolute Gasteiger partial charge is 0.267 e. The minimum absolute atomic E-state index is 0.0978. The fraction of sp³-hybridized carbons (Fsp3) is 0.0625. The molecule has 0 radical (unpaired) electrons. The highest BCUT2D eigenvalue weighted by molar-refractivity contribution is 9.10. The molecule has 116 valence electrons. The van der Waals surface area contributed by atoms with Crippen LogP contribution in [0.5, 0.6) is 0 Å². The van der Waals surface area contributed by atoms with Gasteiger partial charge in [0.1, 0.15) is 0 Å². The first-order chi connectivity index (χ1) is 11.2. The molecule has 2 aromatic carbocycles. The standard InChI is InChI=1S/C16H11BrClN3O2/c17-13-6-4-11(5-7-13)9-19-22-10-15-20-16(21-23-15)12-2-1-3-14(18)8-12/h1-9H,10H2/b19-9-. The Morgan fingerprint density at radius 1 is 1.22 bits per heavy atom. The molecular formula is C16H11BrClN3O2. The van der Waals surface area contributed by atoms with Gasteiger partial charge in [-0.3, -0.25) is 0 Å². The average molecular weight is 393 g/mol. The fourth-order valence-corrected chi connectivity index (χ4v) is 2.25. The van der Waals surface area contributed by atoms with Crippen LogP contribution in [0.1, 0.15) is 11.5 Å². The van der Waals surface area contributed by atoms with E-state index in [9.17, 15) is 0 Å². The maximum Gasteiger partial charge on any atom is 0.267 e. The van der Waals surface area contributed by atoms with E-state index in [1.54, 1.807) is 18.3 Å². The molecule has 1 heterocycles. The van der Waals surface area contributed by atoms with Crippen LogP contribution in [0.25, 0.3) is 11.4 Å². The van der Waals surface area contributed by atoms with Crippen LogP contribution in [0.3, 0.4) is 0 Å². The van der Waals surface area contributed by atoms with Crippen LogP contribution >= 0.6 is 27.5 Å². The van der Waals surface area contributed by atoms with Crippen molar-refractivity contribution in [2.75, 3.05) is 0 Å². The van der Waals surface area contributed by atoms with Gasteiger partial charge in [-0.1, -0.05) is 62.1 Å². The second-order valence-electron chi connectivity index (χ2n) is 4.58. The average Bonchev–Trinajstić information content (AvgIpc) is 3.02. The van der Waals surface area contributed by atoms with Crippen LogP contribution in [0.15, 0.2) is 62.7 Å². The highest BCUT2D eigenvalue weighted by atomic mass is 79.9. The molecule has 0 bridgehead atoms. The van der Waals surface area contributed by atoms with Crippen molar-refractivity contribution in [1.29, 1.82) is 0 Å². The number of hydrogen-bond donors (Lipinski definition) is 0. The van der Waals surface area contributed by atoms with E-state index in [1.807, 2.05) is 36.4 Å². The molecule has 0 fully saturated rings. The summed E-state index contributed by atoms with van der Waals surface area (Å²) in [5.41, 5.74) is 1.71. The molecule has 3 aromatic rings. The zero-order chi connectivity index (χ0) is 16.1. The van der Waals surface area contributed by atoms with Crippen LogP contribution in [0.4, 0.5) is 0 Å². The Labute approximate surface area is 146 Å². The van der Waals surface area contributed by atoms with Crippen molar-refractivity contribution < 1.29 is 9.36 Å². The van der Waals surface area contributed by atoms with E-state index in [0.29, 0.717) is 16.7 Å². The molecule has 0 aliphatic heterocycles. The van der Waals surface area contributed by atoms with Gasteiger partial charge >= 0.3 is 0 Å². The number of hydrogen-bond acceptors (Lipinski definition) is 5. The Bertz CT molecular complexity index is 818. The van der Waals surface area contributed by atoms with Crippen LogP contribution in [-0.4, -0.2) is 16.4 Å². The Balaban J connectivity index is 1.58. The van der Waals surface area contributed by atoms with E-state index in [0.717, 1.165) is 15.6 Å². The summed E-state index contributed by atoms with van der Waals surface area (Å²) in [6.45, 7) is 0.0978. The van der Waals surface area contributed by atoms with Gasteiger partial charge in [-0.25, -0.2) is 0 Å². The van der Waals surface area contributed by atoms with Crippen molar-refractivity contribution in [3.8, 4) is 11.4 Å². The lowest BCUT2D eigenvalue weighted by Crippen LogP contribution is -1.89. The lowest BCUT2D eigenvalue weighted by Gasteiger charge is -1.95. The maximum absolute atomic E-state index is 5.94. The lowest BCUT2D eigenvalue weighted by atomic mass is 10.2. The SMILES string of the molecule is Clc1cccc(-c2noc(CO/N=C\c3ccc(Br)cc3)n2)c1. The van der Waals surface area contributed by atoms with Crippen molar-refractivity contribution >= 4 is 33.7 Å². The highest BCUT2D eigenvalue weighted by Crippen LogP contribution is 2.20. The first-order valence-electron chi connectivity index (χ1n) is 6.70.